The van der Waals surface area contributed by atoms with Crippen molar-refractivity contribution in [2.75, 3.05) is 43.1 Å². The summed E-state index contributed by atoms with van der Waals surface area (Å²) < 4.78 is 15.9. The van der Waals surface area contributed by atoms with Gasteiger partial charge < -0.3 is 24.4 Å². The summed E-state index contributed by atoms with van der Waals surface area (Å²) in [5, 5.41) is 3.37. The van der Waals surface area contributed by atoms with Gasteiger partial charge in [-0.25, -0.2) is 4.79 Å². The van der Waals surface area contributed by atoms with Crippen LogP contribution < -0.4 is 15.0 Å². The lowest BCUT2D eigenvalue weighted by atomic mass is 10.2. The summed E-state index contributed by atoms with van der Waals surface area (Å²) in [4.78, 5) is 26.5. The van der Waals surface area contributed by atoms with Crippen LogP contribution in [0.4, 0.5) is 11.4 Å². The highest BCUT2D eigenvalue weighted by Crippen LogP contribution is 2.21. The van der Waals surface area contributed by atoms with Gasteiger partial charge in [-0.05, 0) is 61.9 Å². The topological polar surface area (TPSA) is 77.1 Å². The zero-order valence-corrected chi connectivity index (χ0v) is 17.8. The molecule has 2 aromatic carbocycles. The molecule has 0 unspecified atom stereocenters. The van der Waals surface area contributed by atoms with E-state index in [4.69, 9.17) is 25.8 Å². The van der Waals surface area contributed by atoms with Crippen molar-refractivity contribution in [1.82, 2.24) is 0 Å². The van der Waals surface area contributed by atoms with Crippen molar-refractivity contribution in [2.24, 2.45) is 0 Å². The highest BCUT2D eigenvalue weighted by Gasteiger charge is 2.19. The quantitative estimate of drug-likeness (QED) is 0.675. The Bertz CT molecular complexity index is 882. The van der Waals surface area contributed by atoms with Crippen LogP contribution in [0.5, 0.6) is 5.75 Å². The second kappa shape index (κ2) is 10.3. The van der Waals surface area contributed by atoms with Crippen molar-refractivity contribution in [3.63, 3.8) is 0 Å². The highest BCUT2D eigenvalue weighted by atomic mass is 35.5. The van der Waals surface area contributed by atoms with Gasteiger partial charge in [-0.2, -0.15) is 0 Å². The van der Waals surface area contributed by atoms with Crippen LogP contribution in [0.15, 0.2) is 42.5 Å². The molecule has 1 aliphatic heterocycles. The third-order valence-electron chi connectivity index (χ3n) is 4.67. The molecule has 1 amide bonds. The normalized spacial score (nSPS) is 14.7. The smallest absolute Gasteiger partial charge is 0.344 e. The van der Waals surface area contributed by atoms with Crippen LogP contribution in [0, 0.1) is 6.92 Å². The van der Waals surface area contributed by atoms with Gasteiger partial charge in [-0.1, -0.05) is 11.6 Å². The molecule has 0 aromatic heterocycles. The Kier molecular flexibility index (Phi) is 7.54. The molecule has 1 N–H and O–H groups in total. The Morgan fingerprint density at radius 2 is 1.87 bits per heavy atom. The number of carbonyl (C=O) groups excluding carboxylic acids is 2. The zero-order chi connectivity index (χ0) is 21.5. The lowest BCUT2D eigenvalue weighted by Crippen LogP contribution is -2.36. The minimum atomic E-state index is -0.952. The van der Waals surface area contributed by atoms with E-state index < -0.39 is 18.0 Å². The predicted molar refractivity (Wildman–Crippen MR) is 115 cm³/mol. The maximum Gasteiger partial charge on any atom is 0.344 e. The number of halogens is 1. The number of esters is 1. The van der Waals surface area contributed by atoms with Gasteiger partial charge in [0.05, 0.1) is 13.2 Å². The third kappa shape index (κ3) is 6.11. The van der Waals surface area contributed by atoms with Crippen LogP contribution in [-0.4, -0.2) is 50.9 Å². The number of aryl methyl sites for hydroxylation is 1. The summed E-state index contributed by atoms with van der Waals surface area (Å²) in [5.41, 5.74) is 2.55. The molecule has 3 rings (SSSR count). The number of anilines is 2. The largest absolute Gasteiger partial charge is 0.482 e. The molecule has 30 heavy (non-hydrogen) atoms. The number of hydrogen-bond donors (Lipinski definition) is 1. The lowest BCUT2D eigenvalue weighted by Gasteiger charge is -2.28. The molecule has 1 atom stereocenters. The fourth-order valence-corrected chi connectivity index (χ4v) is 3.07. The molecule has 0 saturated carbocycles. The zero-order valence-electron chi connectivity index (χ0n) is 17.0. The Hall–Kier alpha value is -2.77. The van der Waals surface area contributed by atoms with Gasteiger partial charge in [0.1, 0.15) is 5.75 Å². The van der Waals surface area contributed by atoms with Gasteiger partial charge in [0.2, 0.25) is 0 Å². The number of rotatable bonds is 7. The first-order chi connectivity index (χ1) is 14.4. The SMILES string of the molecule is Cc1cc(OCC(=O)O[C@@H](C)C(=O)Nc2ccc(N3CCOCC3)cc2)ccc1Cl. The molecule has 1 aliphatic rings. The van der Waals surface area contributed by atoms with Crippen LogP contribution >= 0.6 is 11.6 Å². The van der Waals surface area contributed by atoms with E-state index in [1.807, 2.05) is 31.2 Å². The summed E-state index contributed by atoms with van der Waals surface area (Å²) in [7, 11) is 0. The number of benzene rings is 2. The van der Waals surface area contributed by atoms with Gasteiger partial charge >= 0.3 is 5.97 Å². The summed E-state index contributed by atoms with van der Waals surface area (Å²) >= 11 is 5.96. The van der Waals surface area contributed by atoms with E-state index in [1.165, 1.54) is 6.92 Å². The van der Waals surface area contributed by atoms with Crippen molar-refractivity contribution in [3.8, 4) is 5.75 Å². The van der Waals surface area contributed by atoms with Crippen LogP contribution in [0.3, 0.4) is 0 Å². The van der Waals surface area contributed by atoms with Gasteiger partial charge in [0.15, 0.2) is 12.7 Å². The number of nitrogens with one attached hydrogen (secondary N) is 1. The molecule has 0 bridgehead atoms. The van der Waals surface area contributed by atoms with Crippen molar-refractivity contribution in [2.45, 2.75) is 20.0 Å². The van der Waals surface area contributed by atoms with Crippen molar-refractivity contribution in [1.29, 1.82) is 0 Å². The second-order valence-corrected chi connectivity index (χ2v) is 7.37. The summed E-state index contributed by atoms with van der Waals surface area (Å²) in [5.74, 6) is -0.538. The number of nitrogens with zero attached hydrogens (tertiary/aromatic N) is 1. The summed E-state index contributed by atoms with van der Waals surface area (Å²) in [6, 6.07) is 12.6. The monoisotopic (exact) mass is 432 g/mol. The predicted octanol–water partition coefficient (Wildman–Crippen LogP) is 3.43. The van der Waals surface area contributed by atoms with E-state index in [1.54, 1.807) is 18.2 Å². The Morgan fingerprint density at radius 1 is 1.17 bits per heavy atom. The van der Waals surface area contributed by atoms with Gasteiger partial charge in [-0.15, -0.1) is 0 Å². The maximum absolute atomic E-state index is 12.3. The van der Waals surface area contributed by atoms with Crippen molar-refractivity contribution >= 4 is 34.9 Å². The number of ether oxygens (including phenoxy) is 3. The Labute approximate surface area is 180 Å². The van der Waals surface area contributed by atoms with Gasteiger partial charge in [-0.3, -0.25) is 4.79 Å². The molecular weight excluding hydrogens is 408 g/mol. The first-order valence-electron chi connectivity index (χ1n) is 9.74. The molecule has 0 aliphatic carbocycles. The van der Waals surface area contributed by atoms with Crippen LogP contribution in [-0.2, 0) is 19.1 Å². The minimum absolute atomic E-state index is 0.299. The number of amides is 1. The maximum atomic E-state index is 12.3. The Balaban J connectivity index is 1.45. The molecule has 0 radical (unpaired) electrons. The van der Waals surface area contributed by atoms with E-state index in [0.717, 1.165) is 24.3 Å². The molecular formula is C22H25ClN2O5. The van der Waals surface area contributed by atoms with E-state index in [-0.39, 0.29) is 6.61 Å². The molecule has 2 aromatic rings. The molecule has 0 spiro atoms. The van der Waals surface area contributed by atoms with Crippen LogP contribution in [0.25, 0.3) is 0 Å². The van der Waals surface area contributed by atoms with Crippen LogP contribution in [0.1, 0.15) is 12.5 Å². The van der Waals surface area contributed by atoms with Crippen molar-refractivity contribution < 1.29 is 23.8 Å². The lowest BCUT2D eigenvalue weighted by molar-refractivity contribution is -0.155. The van der Waals surface area contributed by atoms with E-state index >= 15 is 0 Å². The van der Waals surface area contributed by atoms with E-state index in [0.29, 0.717) is 29.7 Å². The highest BCUT2D eigenvalue weighted by molar-refractivity contribution is 6.31. The molecule has 7 nitrogen and oxygen atoms in total. The molecule has 1 saturated heterocycles. The third-order valence-corrected chi connectivity index (χ3v) is 5.10. The van der Waals surface area contributed by atoms with Gasteiger partial charge in [0.25, 0.3) is 5.91 Å². The molecule has 1 fully saturated rings. The number of carbonyl (C=O) groups is 2. The Morgan fingerprint density at radius 3 is 2.53 bits per heavy atom. The van der Waals surface area contributed by atoms with E-state index in [9.17, 15) is 9.59 Å². The average Bonchev–Trinajstić information content (AvgIpc) is 2.75. The summed E-state index contributed by atoms with van der Waals surface area (Å²) in [6.07, 6.45) is -0.952. The van der Waals surface area contributed by atoms with Crippen LogP contribution in [0.2, 0.25) is 5.02 Å². The molecule has 8 heteroatoms. The number of hydrogen-bond acceptors (Lipinski definition) is 6. The minimum Gasteiger partial charge on any atom is -0.482 e. The first-order valence-corrected chi connectivity index (χ1v) is 10.1. The van der Waals surface area contributed by atoms with E-state index in [2.05, 4.69) is 10.2 Å². The second-order valence-electron chi connectivity index (χ2n) is 6.97. The fraction of sp³-hybridized carbons (Fsp3) is 0.364. The first kappa shape index (κ1) is 21.9. The fourth-order valence-electron chi connectivity index (χ4n) is 2.95. The standard InChI is InChI=1S/C22H25ClN2O5/c1-15-13-19(7-8-20(15)23)29-14-21(26)30-16(2)22(27)24-17-3-5-18(6-4-17)25-9-11-28-12-10-25/h3-8,13,16H,9-12,14H2,1-2H3,(H,24,27)/t16-/m0/s1. The average molecular weight is 433 g/mol. The van der Waals surface area contributed by atoms with Gasteiger partial charge in [0, 0.05) is 29.5 Å². The molecule has 1 heterocycles. The van der Waals surface area contributed by atoms with Crippen molar-refractivity contribution in [3.05, 3.63) is 53.1 Å². The number of morpholine rings is 1. The molecule has 160 valence electrons. The summed E-state index contributed by atoms with van der Waals surface area (Å²) in [6.45, 7) is 6.17.